The van der Waals surface area contributed by atoms with Crippen LogP contribution in [0.4, 0.5) is 5.69 Å². The highest BCUT2D eigenvalue weighted by molar-refractivity contribution is 6.00. The van der Waals surface area contributed by atoms with Crippen LogP contribution in [-0.2, 0) is 11.3 Å². The fourth-order valence-corrected chi connectivity index (χ4v) is 3.24. The molecule has 1 aromatic heterocycles. The molecule has 0 saturated heterocycles. The molecule has 1 N–H and O–H groups in total. The second-order valence-corrected chi connectivity index (χ2v) is 7.14. The number of nitrogens with one attached hydrogen (secondary N) is 1. The number of ketones is 1. The molecule has 29 heavy (non-hydrogen) atoms. The quantitative estimate of drug-likeness (QED) is 0.675. The van der Waals surface area contributed by atoms with E-state index in [4.69, 9.17) is 9.47 Å². The van der Waals surface area contributed by atoms with Gasteiger partial charge in [0.2, 0.25) is 0 Å². The van der Waals surface area contributed by atoms with Crippen LogP contribution in [-0.4, -0.2) is 29.0 Å². The van der Waals surface area contributed by atoms with E-state index in [9.17, 15) is 14.4 Å². The van der Waals surface area contributed by atoms with E-state index in [2.05, 4.69) is 5.32 Å². The number of amides is 1. The first-order valence-electron chi connectivity index (χ1n) is 9.30. The van der Waals surface area contributed by atoms with Crippen molar-refractivity contribution in [2.75, 3.05) is 11.9 Å². The van der Waals surface area contributed by atoms with Crippen molar-refractivity contribution in [3.8, 4) is 11.5 Å². The molecule has 1 aliphatic rings. The predicted octanol–water partition coefficient (Wildman–Crippen LogP) is 3.00. The Morgan fingerprint density at radius 3 is 2.79 bits per heavy atom. The van der Waals surface area contributed by atoms with Crippen LogP contribution in [0.1, 0.15) is 24.2 Å². The zero-order valence-electron chi connectivity index (χ0n) is 16.1. The molecule has 2 heterocycles. The Bertz CT molecular complexity index is 1180. The molecule has 0 atom stereocenters. The molecule has 0 aliphatic carbocycles. The molecule has 1 aliphatic heterocycles. The molecule has 148 valence electrons. The molecule has 0 spiro atoms. The topological polar surface area (TPSA) is 86.6 Å². The minimum absolute atomic E-state index is 0.0391. The van der Waals surface area contributed by atoms with E-state index >= 15 is 0 Å². The number of hydrogen-bond acceptors (Lipinski definition) is 5. The summed E-state index contributed by atoms with van der Waals surface area (Å²) in [5.41, 5.74) is 0.597. The molecule has 3 aromatic rings. The van der Waals surface area contributed by atoms with Crippen LogP contribution in [0, 0.1) is 0 Å². The Hall–Kier alpha value is -3.61. The summed E-state index contributed by atoms with van der Waals surface area (Å²) in [6.07, 6.45) is 1.64. The van der Waals surface area contributed by atoms with Crippen molar-refractivity contribution in [1.82, 2.24) is 4.57 Å². The SMILES string of the molecule is CC(C)Oc1ccc2c(=O)n(CC(=O)c3ccc4c(c3)NC(=O)CO4)ccc2c1. The van der Waals surface area contributed by atoms with Crippen molar-refractivity contribution < 1.29 is 19.1 Å². The van der Waals surface area contributed by atoms with Gasteiger partial charge in [0.15, 0.2) is 12.4 Å². The van der Waals surface area contributed by atoms with E-state index in [-0.39, 0.29) is 36.5 Å². The lowest BCUT2D eigenvalue weighted by Gasteiger charge is -2.18. The van der Waals surface area contributed by atoms with Gasteiger partial charge in [-0.3, -0.25) is 14.4 Å². The van der Waals surface area contributed by atoms with Crippen molar-refractivity contribution in [3.63, 3.8) is 0 Å². The maximum Gasteiger partial charge on any atom is 0.262 e. The smallest absolute Gasteiger partial charge is 0.262 e. The van der Waals surface area contributed by atoms with Gasteiger partial charge in [0.1, 0.15) is 11.5 Å². The summed E-state index contributed by atoms with van der Waals surface area (Å²) in [6, 6.07) is 11.9. The standard InChI is InChI=1S/C22H20N2O5/c1-13(2)29-16-4-5-17-14(9-16)7-8-24(22(17)27)11-19(25)15-3-6-20-18(10-15)23-21(26)12-28-20/h3-10,13H,11-12H2,1-2H3,(H,23,26). The number of anilines is 1. The molecular formula is C22H20N2O5. The van der Waals surface area contributed by atoms with Crippen molar-refractivity contribution in [2.45, 2.75) is 26.5 Å². The van der Waals surface area contributed by atoms with E-state index in [0.717, 1.165) is 5.39 Å². The lowest BCUT2D eigenvalue weighted by atomic mass is 10.1. The second-order valence-electron chi connectivity index (χ2n) is 7.14. The minimum atomic E-state index is -0.270. The Balaban J connectivity index is 1.60. The van der Waals surface area contributed by atoms with Gasteiger partial charge in [0.25, 0.3) is 11.5 Å². The Kier molecular flexibility index (Phi) is 4.80. The van der Waals surface area contributed by atoms with Gasteiger partial charge in [-0.2, -0.15) is 0 Å². The lowest BCUT2D eigenvalue weighted by Crippen LogP contribution is -2.26. The molecule has 4 rings (SSSR count). The van der Waals surface area contributed by atoms with Crippen LogP contribution >= 0.6 is 0 Å². The number of nitrogens with zero attached hydrogens (tertiary/aromatic N) is 1. The molecule has 0 radical (unpaired) electrons. The van der Waals surface area contributed by atoms with Crippen LogP contribution in [0.5, 0.6) is 11.5 Å². The molecular weight excluding hydrogens is 372 g/mol. The van der Waals surface area contributed by atoms with E-state index in [1.54, 1.807) is 42.6 Å². The molecule has 0 unspecified atom stereocenters. The Morgan fingerprint density at radius 2 is 2.00 bits per heavy atom. The van der Waals surface area contributed by atoms with Crippen molar-refractivity contribution in [2.24, 2.45) is 0 Å². The number of rotatable bonds is 5. The summed E-state index contributed by atoms with van der Waals surface area (Å²) >= 11 is 0. The van der Waals surface area contributed by atoms with Crippen LogP contribution in [0.2, 0.25) is 0 Å². The fourth-order valence-electron chi connectivity index (χ4n) is 3.24. The number of carbonyl (C=O) groups is 2. The number of aromatic nitrogens is 1. The summed E-state index contributed by atoms with van der Waals surface area (Å²) in [5.74, 6) is 0.699. The van der Waals surface area contributed by atoms with Crippen LogP contribution in [0.15, 0.2) is 53.5 Å². The normalized spacial score (nSPS) is 13.0. The summed E-state index contributed by atoms with van der Waals surface area (Å²) < 4.78 is 12.3. The number of pyridine rings is 1. The number of fused-ring (bicyclic) bond motifs is 2. The molecule has 7 nitrogen and oxygen atoms in total. The van der Waals surface area contributed by atoms with E-state index in [0.29, 0.717) is 28.1 Å². The number of Topliss-reactive ketones (excluding diaryl/α,β-unsaturated/α-hetero) is 1. The summed E-state index contributed by atoms with van der Waals surface area (Å²) in [6.45, 7) is 3.72. The average molecular weight is 392 g/mol. The third-order valence-corrected chi connectivity index (χ3v) is 4.57. The van der Waals surface area contributed by atoms with E-state index in [1.807, 2.05) is 19.9 Å². The third kappa shape index (κ3) is 3.85. The zero-order chi connectivity index (χ0) is 20.5. The van der Waals surface area contributed by atoms with Gasteiger partial charge < -0.3 is 19.4 Å². The van der Waals surface area contributed by atoms with Crippen molar-refractivity contribution in [1.29, 1.82) is 0 Å². The van der Waals surface area contributed by atoms with Gasteiger partial charge in [0, 0.05) is 17.1 Å². The first kappa shape index (κ1) is 18.7. The highest BCUT2D eigenvalue weighted by Gasteiger charge is 2.18. The van der Waals surface area contributed by atoms with Gasteiger partial charge in [0.05, 0.1) is 18.3 Å². The molecule has 1 amide bonds. The van der Waals surface area contributed by atoms with Crippen LogP contribution in [0.3, 0.4) is 0 Å². The fraction of sp³-hybridized carbons (Fsp3) is 0.227. The van der Waals surface area contributed by atoms with Crippen LogP contribution in [0.25, 0.3) is 10.8 Å². The number of hydrogen-bond donors (Lipinski definition) is 1. The predicted molar refractivity (Wildman–Crippen MR) is 109 cm³/mol. The Morgan fingerprint density at radius 1 is 1.17 bits per heavy atom. The van der Waals surface area contributed by atoms with Gasteiger partial charge in [-0.05, 0) is 61.7 Å². The second kappa shape index (κ2) is 7.43. The highest BCUT2D eigenvalue weighted by Crippen LogP contribution is 2.28. The van der Waals surface area contributed by atoms with Crippen molar-refractivity contribution >= 4 is 28.2 Å². The lowest BCUT2D eigenvalue weighted by molar-refractivity contribution is -0.118. The molecule has 7 heteroatoms. The van der Waals surface area contributed by atoms with Gasteiger partial charge in [-0.25, -0.2) is 0 Å². The van der Waals surface area contributed by atoms with Gasteiger partial charge >= 0.3 is 0 Å². The van der Waals surface area contributed by atoms with Crippen molar-refractivity contribution in [3.05, 3.63) is 64.6 Å². The Labute approximate surface area is 166 Å². The first-order valence-corrected chi connectivity index (χ1v) is 9.30. The van der Waals surface area contributed by atoms with E-state index < -0.39 is 0 Å². The number of carbonyl (C=O) groups excluding carboxylic acids is 2. The maximum absolute atomic E-state index is 12.8. The number of benzene rings is 2. The monoisotopic (exact) mass is 392 g/mol. The van der Waals surface area contributed by atoms with Crippen LogP contribution < -0.4 is 20.3 Å². The zero-order valence-corrected chi connectivity index (χ0v) is 16.1. The number of ether oxygens (including phenoxy) is 2. The summed E-state index contributed by atoms with van der Waals surface area (Å²) in [5, 5.41) is 3.95. The minimum Gasteiger partial charge on any atom is -0.491 e. The van der Waals surface area contributed by atoms with Gasteiger partial charge in [-0.1, -0.05) is 0 Å². The van der Waals surface area contributed by atoms with E-state index in [1.165, 1.54) is 4.57 Å². The molecule has 0 fully saturated rings. The third-order valence-electron chi connectivity index (χ3n) is 4.57. The molecule has 0 bridgehead atoms. The maximum atomic E-state index is 12.8. The molecule has 0 saturated carbocycles. The van der Waals surface area contributed by atoms with Gasteiger partial charge in [-0.15, -0.1) is 0 Å². The summed E-state index contributed by atoms with van der Waals surface area (Å²) in [7, 11) is 0. The largest absolute Gasteiger partial charge is 0.491 e. The summed E-state index contributed by atoms with van der Waals surface area (Å²) in [4.78, 5) is 37.0. The average Bonchev–Trinajstić information content (AvgIpc) is 2.69. The first-order chi connectivity index (χ1) is 13.9. The highest BCUT2D eigenvalue weighted by atomic mass is 16.5. The molecule has 2 aromatic carbocycles.